The van der Waals surface area contributed by atoms with Crippen molar-refractivity contribution in [3.05, 3.63) is 34.1 Å². The van der Waals surface area contributed by atoms with Gasteiger partial charge in [-0.1, -0.05) is 19.1 Å². The Hall–Kier alpha value is -0.490. The number of nitrogens with one attached hydrogen (secondary N) is 1. The van der Waals surface area contributed by atoms with E-state index in [1.165, 1.54) is 0 Å². The van der Waals surface area contributed by atoms with Crippen LogP contribution in [0.4, 0.5) is 4.39 Å². The van der Waals surface area contributed by atoms with E-state index in [1.54, 1.807) is 6.07 Å². The Morgan fingerprint density at radius 1 is 1.55 bits per heavy atom. The second kappa shape index (κ2) is 7.50. The smallest absolute Gasteiger partial charge is 0.142 e. The van der Waals surface area contributed by atoms with Gasteiger partial charge in [-0.15, -0.1) is 0 Å². The van der Waals surface area contributed by atoms with Crippen molar-refractivity contribution in [3.63, 3.8) is 0 Å². The molecule has 112 valence electrons. The maximum absolute atomic E-state index is 14.3. The number of morpholine rings is 1. The first kappa shape index (κ1) is 15.9. The van der Waals surface area contributed by atoms with E-state index >= 15 is 0 Å². The summed E-state index contributed by atoms with van der Waals surface area (Å²) in [6.07, 6.45) is 1.10. The van der Waals surface area contributed by atoms with Gasteiger partial charge < -0.3 is 10.1 Å². The zero-order valence-electron chi connectivity index (χ0n) is 12.0. The Morgan fingerprint density at radius 2 is 2.35 bits per heavy atom. The van der Waals surface area contributed by atoms with Crippen LogP contribution in [0.5, 0.6) is 0 Å². The van der Waals surface area contributed by atoms with Crippen LogP contribution < -0.4 is 5.32 Å². The molecule has 0 spiro atoms. The fourth-order valence-electron chi connectivity index (χ4n) is 2.75. The lowest BCUT2D eigenvalue weighted by Crippen LogP contribution is -2.48. The highest BCUT2D eigenvalue weighted by Gasteiger charge is 2.30. The fraction of sp³-hybridized carbons (Fsp3) is 0.600. The van der Waals surface area contributed by atoms with Crippen LogP contribution in [0.2, 0.25) is 0 Å². The Labute approximate surface area is 128 Å². The van der Waals surface area contributed by atoms with Crippen LogP contribution in [-0.2, 0) is 4.74 Å². The van der Waals surface area contributed by atoms with E-state index in [0.717, 1.165) is 26.1 Å². The summed E-state index contributed by atoms with van der Waals surface area (Å²) in [5, 5.41) is 3.21. The summed E-state index contributed by atoms with van der Waals surface area (Å²) >= 11 is 3.25. The van der Waals surface area contributed by atoms with E-state index in [9.17, 15) is 4.39 Å². The quantitative estimate of drug-likeness (QED) is 0.888. The standard InChI is InChI=1S/C15H22BrFN2O/c1-3-7-19-8-9-20-13(10-19)15(18-2)11-5-4-6-12(16)14(11)17/h4-6,13,15,18H,3,7-10H2,1-2H3. The van der Waals surface area contributed by atoms with Crippen molar-refractivity contribution in [1.29, 1.82) is 0 Å². The van der Waals surface area contributed by atoms with Gasteiger partial charge in [-0.2, -0.15) is 0 Å². The molecule has 5 heteroatoms. The van der Waals surface area contributed by atoms with Crippen molar-refractivity contribution in [3.8, 4) is 0 Å². The summed E-state index contributed by atoms with van der Waals surface area (Å²) in [5.41, 5.74) is 0.658. The lowest BCUT2D eigenvalue weighted by molar-refractivity contribution is -0.0464. The zero-order chi connectivity index (χ0) is 14.5. The molecule has 0 saturated carbocycles. The van der Waals surface area contributed by atoms with Crippen LogP contribution in [0.1, 0.15) is 24.9 Å². The van der Waals surface area contributed by atoms with Crippen molar-refractivity contribution in [2.45, 2.75) is 25.5 Å². The molecule has 0 bridgehead atoms. The van der Waals surface area contributed by atoms with E-state index in [4.69, 9.17) is 4.74 Å². The number of hydrogen-bond donors (Lipinski definition) is 1. The number of rotatable bonds is 5. The van der Waals surface area contributed by atoms with Crippen molar-refractivity contribution in [2.24, 2.45) is 0 Å². The molecule has 0 aromatic heterocycles. The molecule has 1 heterocycles. The van der Waals surface area contributed by atoms with Gasteiger partial charge in [-0.05, 0) is 42.0 Å². The van der Waals surface area contributed by atoms with Gasteiger partial charge in [0.05, 0.1) is 23.2 Å². The third-order valence-electron chi connectivity index (χ3n) is 3.72. The van der Waals surface area contributed by atoms with E-state index in [2.05, 4.69) is 33.1 Å². The van der Waals surface area contributed by atoms with Crippen LogP contribution in [-0.4, -0.2) is 44.3 Å². The molecular formula is C15H22BrFN2O. The molecule has 2 rings (SSSR count). The van der Waals surface area contributed by atoms with Crippen molar-refractivity contribution in [1.82, 2.24) is 10.2 Å². The molecule has 2 unspecified atom stereocenters. The monoisotopic (exact) mass is 344 g/mol. The molecule has 0 amide bonds. The first-order valence-electron chi connectivity index (χ1n) is 7.12. The maximum atomic E-state index is 14.3. The Morgan fingerprint density at radius 3 is 3.05 bits per heavy atom. The Balaban J connectivity index is 2.17. The average Bonchev–Trinajstić information content (AvgIpc) is 2.45. The first-order chi connectivity index (χ1) is 9.67. The number of benzene rings is 1. The van der Waals surface area contributed by atoms with Gasteiger partial charge in [0, 0.05) is 18.7 Å². The molecule has 1 fully saturated rings. The van der Waals surface area contributed by atoms with E-state index in [0.29, 0.717) is 16.6 Å². The molecule has 1 aromatic rings. The van der Waals surface area contributed by atoms with Crippen molar-refractivity contribution >= 4 is 15.9 Å². The zero-order valence-corrected chi connectivity index (χ0v) is 13.6. The molecule has 3 nitrogen and oxygen atoms in total. The predicted octanol–water partition coefficient (Wildman–Crippen LogP) is 2.96. The average molecular weight is 345 g/mol. The highest BCUT2D eigenvalue weighted by Crippen LogP contribution is 2.28. The third kappa shape index (κ3) is 3.58. The minimum absolute atomic E-state index is 0.0240. The fourth-order valence-corrected chi connectivity index (χ4v) is 3.14. The molecule has 1 aliphatic rings. The highest BCUT2D eigenvalue weighted by molar-refractivity contribution is 9.10. The molecule has 1 aliphatic heterocycles. The second-order valence-corrected chi connectivity index (χ2v) is 5.97. The largest absolute Gasteiger partial charge is 0.374 e. The molecule has 1 N–H and O–H groups in total. The molecule has 0 radical (unpaired) electrons. The van der Waals surface area contributed by atoms with Gasteiger partial charge in [0.15, 0.2) is 0 Å². The normalized spacial score (nSPS) is 21.9. The number of hydrogen-bond acceptors (Lipinski definition) is 3. The molecule has 1 saturated heterocycles. The predicted molar refractivity (Wildman–Crippen MR) is 82.4 cm³/mol. The van der Waals surface area contributed by atoms with Gasteiger partial charge >= 0.3 is 0 Å². The van der Waals surface area contributed by atoms with E-state index in [1.807, 2.05) is 19.2 Å². The first-order valence-corrected chi connectivity index (χ1v) is 7.91. The second-order valence-electron chi connectivity index (χ2n) is 5.12. The maximum Gasteiger partial charge on any atom is 0.142 e. The molecule has 2 atom stereocenters. The lowest BCUT2D eigenvalue weighted by Gasteiger charge is -2.37. The minimum Gasteiger partial charge on any atom is -0.374 e. The van der Waals surface area contributed by atoms with Gasteiger partial charge in [0.2, 0.25) is 0 Å². The molecule has 0 aliphatic carbocycles. The van der Waals surface area contributed by atoms with Crippen LogP contribution in [0.15, 0.2) is 22.7 Å². The topological polar surface area (TPSA) is 24.5 Å². The lowest BCUT2D eigenvalue weighted by atomic mass is 9.99. The Bertz CT molecular complexity index is 442. The molecular weight excluding hydrogens is 323 g/mol. The number of ether oxygens (including phenoxy) is 1. The third-order valence-corrected chi connectivity index (χ3v) is 4.33. The summed E-state index contributed by atoms with van der Waals surface area (Å²) in [6, 6.07) is 5.27. The summed E-state index contributed by atoms with van der Waals surface area (Å²) in [7, 11) is 1.85. The van der Waals surface area contributed by atoms with E-state index in [-0.39, 0.29) is 18.0 Å². The molecule has 20 heavy (non-hydrogen) atoms. The summed E-state index contributed by atoms with van der Waals surface area (Å²) in [4.78, 5) is 2.38. The summed E-state index contributed by atoms with van der Waals surface area (Å²) < 4.78 is 20.7. The SMILES string of the molecule is CCCN1CCOC(C(NC)c2cccc(Br)c2F)C1. The van der Waals surface area contributed by atoms with Crippen molar-refractivity contribution in [2.75, 3.05) is 33.3 Å². The van der Waals surface area contributed by atoms with Crippen LogP contribution >= 0.6 is 15.9 Å². The van der Waals surface area contributed by atoms with Gasteiger partial charge in [0.25, 0.3) is 0 Å². The Kier molecular flexibility index (Phi) is 5.96. The van der Waals surface area contributed by atoms with E-state index < -0.39 is 0 Å². The van der Waals surface area contributed by atoms with Crippen molar-refractivity contribution < 1.29 is 9.13 Å². The summed E-state index contributed by atoms with van der Waals surface area (Å²) in [5.74, 6) is -0.205. The van der Waals surface area contributed by atoms with Gasteiger partial charge in [-0.25, -0.2) is 4.39 Å². The van der Waals surface area contributed by atoms with Gasteiger partial charge in [0.1, 0.15) is 5.82 Å². The van der Waals surface area contributed by atoms with Crippen LogP contribution in [0.3, 0.4) is 0 Å². The molecule has 1 aromatic carbocycles. The number of halogens is 2. The minimum atomic E-state index is -0.205. The number of nitrogens with zero attached hydrogens (tertiary/aromatic N) is 1. The van der Waals surface area contributed by atoms with Gasteiger partial charge in [-0.3, -0.25) is 4.90 Å². The van der Waals surface area contributed by atoms with Crippen LogP contribution in [0.25, 0.3) is 0 Å². The number of likely N-dealkylation sites (N-methyl/N-ethyl adjacent to an activating group) is 1. The van der Waals surface area contributed by atoms with Crippen LogP contribution in [0, 0.1) is 5.82 Å². The highest BCUT2D eigenvalue weighted by atomic mass is 79.9. The summed E-state index contributed by atoms with van der Waals surface area (Å²) in [6.45, 7) is 5.75.